The molecule has 1 N–H and O–H groups in total. The number of ether oxygens (including phenoxy) is 1. The summed E-state index contributed by atoms with van der Waals surface area (Å²) in [5, 5.41) is 8.94. The lowest BCUT2D eigenvalue weighted by Gasteiger charge is -2.08. The molecule has 104 valence electrons. The highest BCUT2D eigenvalue weighted by atomic mass is 35.5. The molecule has 0 atom stereocenters. The summed E-state index contributed by atoms with van der Waals surface area (Å²) in [6, 6.07) is 5.82. The number of halogens is 1. The van der Waals surface area contributed by atoms with Gasteiger partial charge in [0.05, 0.1) is 11.2 Å². The van der Waals surface area contributed by atoms with Gasteiger partial charge in [-0.15, -0.1) is 0 Å². The van der Waals surface area contributed by atoms with Crippen LogP contribution < -0.4 is 4.74 Å². The lowest BCUT2D eigenvalue weighted by atomic mass is 10.1. The van der Waals surface area contributed by atoms with E-state index in [-0.39, 0.29) is 23.1 Å². The molecule has 0 saturated heterocycles. The molecule has 0 amide bonds. The maximum absolute atomic E-state index is 10.9. The Morgan fingerprint density at radius 1 is 1.30 bits per heavy atom. The quantitative estimate of drug-likeness (QED) is 0.938. The Morgan fingerprint density at radius 3 is 2.55 bits per heavy atom. The van der Waals surface area contributed by atoms with Crippen molar-refractivity contribution in [2.75, 3.05) is 0 Å². The third-order valence-corrected chi connectivity index (χ3v) is 2.84. The van der Waals surface area contributed by atoms with Crippen LogP contribution in [0.4, 0.5) is 0 Å². The first-order chi connectivity index (χ1) is 9.45. The SMILES string of the molecule is Cc1cc(C)cc(OCc2ncc(Cl)c(C(=O)O)n2)c1. The number of aromatic nitrogens is 2. The van der Waals surface area contributed by atoms with Gasteiger partial charge < -0.3 is 9.84 Å². The zero-order valence-electron chi connectivity index (χ0n) is 11.1. The van der Waals surface area contributed by atoms with Crippen LogP contribution in [0.1, 0.15) is 27.4 Å². The van der Waals surface area contributed by atoms with Gasteiger partial charge >= 0.3 is 5.97 Å². The molecule has 0 unspecified atom stereocenters. The van der Waals surface area contributed by atoms with Gasteiger partial charge in [0.1, 0.15) is 12.4 Å². The second-order valence-corrected chi connectivity index (χ2v) is 4.81. The van der Waals surface area contributed by atoms with Crippen molar-refractivity contribution in [1.82, 2.24) is 9.97 Å². The van der Waals surface area contributed by atoms with Crippen LogP contribution in [0.3, 0.4) is 0 Å². The third kappa shape index (κ3) is 3.45. The molecule has 0 radical (unpaired) electrons. The summed E-state index contributed by atoms with van der Waals surface area (Å²) in [6.07, 6.45) is 1.26. The summed E-state index contributed by atoms with van der Waals surface area (Å²) in [6.45, 7) is 4.03. The Hall–Kier alpha value is -2.14. The first-order valence-corrected chi connectivity index (χ1v) is 6.29. The number of hydrogen-bond donors (Lipinski definition) is 1. The van der Waals surface area contributed by atoms with Gasteiger partial charge in [0.25, 0.3) is 0 Å². The van der Waals surface area contributed by atoms with Gasteiger partial charge in [-0.3, -0.25) is 0 Å². The van der Waals surface area contributed by atoms with Crippen LogP contribution in [0.25, 0.3) is 0 Å². The van der Waals surface area contributed by atoms with Crippen LogP contribution in [0.5, 0.6) is 5.75 Å². The van der Waals surface area contributed by atoms with Gasteiger partial charge in [-0.1, -0.05) is 17.7 Å². The molecule has 0 spiro atoms. The molecule has 0 fully saturated rings. The molecule has 0 bridgehead atoms. The molecule has 2 aromatic rings. The topological polar surface area (TPSA) is 72.3 Å². The Morgan fingerprint density at radius 2 is 1.95 bits per heavy atom. The van der Waals surface area contributed by atoms with Gasteiger partial charge in [-0.25, -0.2) is 14.8 Å². The molecule has 2 rings (SSSR count). The van der Waals surface area contributed by atoms with Gasteiger partial charge in [0.15, 0.2) is 11.5 Å². The smallest absolute Gasteiger partial charge is 0.356 e. The molecule has 5 nitrogen and oxygen atoms in total. The van der Waals surface area contributed by atoms with E-state index in [1.54, 1.807) is 0 Å². The number of carboxylic acids is 1. The van der Waals surface area contributed by atoms with E-state index in [1.807, 2.05) is 32.0 Å². The predicted molar refractivity (Wildman–Crippen MR) is 74.2 cm³/mol. The van der Waals surface area contributed by atoms with E-state index in [1.165, 1.54) is 6.20 Å². The van der Waals surface area contributed by atoms with Crippen molar-refractivity contribution < 1.29 is 14.6 Å². The number of carboxylic acid groups (broad SMARTS) is 1. The Labute approximate surface area is 121 Å². The van der Waals surface area contributed by atoms with Gasteiger partial charge in [0, 0.05) is 0 Å². The molecule has 0 aliphatic carbocycles. The summed E-state index contributed by atoms with van der Waals surface area (Å²) in [5.74, 6) is -0.228. The first-order valence-electron chi connectivity index (χ1n) is 5.91. The summed E-state index contributed by atoms with van der Waals surface area (Å²) < 4.78 is 5.57. The minimum absolute atomic E-state index is 0.00708. The highest BCUT2D eigenvalue weighted by Gasteiger charge is 2.12. The van der Waals surface area contributed by atoms with Crippen LogP contribution >= 0.6 is 11.6 Å². The summed E-state index contributed by atoms with van der Waals surface area (Å²) in [5.41, 5.74) is 1.95. The van der Waals surface area contributed by atoms with Crippen molar-refractivity contribution in [2.45, 2.75) is 20.5 Å². The second-order valence-electron chi connectivity index (χ2n) is 4.40. The lowest BCUT2D eigenvalue weighted by molar-refractivity contribution is 0.0689. The number of hydrogen-bond acceptors (Lipinski definition) is 4. The van der Waals surface area contributed by atoms with Crippen molar-refractivity contribution in [3.05, 3.63) is 52.1 Å². The Bertz CT molecular complexity index is 639. The number of rotatable bonds is 4. The number of aryl methyl sites for hydroxylation is 2. The zero-order valence-corrected chi connectivity index (χ0v) is 11.8. The molecule has 1 heterocycles. The summed E-state index contributed by atoms with van der Waals surface area (Å²) in [4.78, 5) is 18.7. The van der Waals surface area contributed by atoms with E-state index in [4.69, 9.17) is 21.4 Å². The van der Waals surface area contributed by atoms with Crippen LogP contribution in [0.2, 0.25) is 5.02 Å². The normalized spacial score (nSPS) is 10.3. The highest BCUT2D eigenvalue weighted by Crippen LogP contribution is 2.18. The summed E-state index contributed by atoms with van der Waals surface area (Å²) >= 11 is 5.70. The fourth-order valence-electron chi connectivity index (χ4n) is 1.79. The van der Waals surface area contributed by atoms with E-state index in [2.05, 4.69) is 9.97 Å². The van der Waals surface area contributed by atoms with Crippen molar-refractivity contribution in [2.24, 2.45) is 0 Å². The van der Waals surface area contributed by atoms with E-state index in [9.17, 15) is 4.79 Å². The number of nitrogens with zero attached hydrogens (tertiary/aromatic N) is 2. The lowest BCUT2D eigenvalue weighted by Crippen LogP contribution is -2.08. The molecule has 1 aromatic carbocycles. The molecule has 0 aliphatic heterocycles. The van der Waals surface area contributed by atoms with Crippen molar-refractivity contribution >= 4 is 17.6 Å². The monoisotopic (exact) mass is 292 g/mol. The highest BCUT2D eigenvalue weighted by molar-refractivity contribution is 6.33. The first kappa shape index (κ1) is 14.3. The van der Waals surface area contributed by atoms with E-state index < -0.39 is 5.97 Å². The van der Waals surface area contributed by atoms with Crippen molar-refractivity contribution in [3.63, 3.8) is 0 Å². The average molecular weight is 293 g/mol. The Kier molecular flexibility index (Phi) is 4.20. The number of carbonyl (C=O) groups is 1. The molecular weight excluding hydrogens is 280 g/mol. The van der Waals surface area contributed by atoms with Crippen LogP contribution in [0.15, 0.2) is 24.4 Å². The maximum Gasteiger partial charge on any atom is 0.356 e. The summed E-state index contributed by atoms with van der Waals surface area (Å²) in [7, 11) is 0. The Balaban J connectivity index is 2.14. The molecular formula is C14H13ClN2O3. The number of aromatic carboxylic acids is 1. The van der Waals surface area contributed by atoms with E-state index in [0.717, 1.165) is 11.1 Å². The number of benzene rings is 1. The predicted octanol–water partition coefficient (Wildman–Crippen LogP) is 3.02. The second kappa shape index (κ2) is 5.88. The van der Waals surface area contributed by atoms with Gasteiger partial charge in [-0.05, 0) is 37.1 Å². The van der Waals surface area contributed by atoms with E-state index >= 15 is 0 Å². The largest absolute Gasteiger partial charge is 0.486 e. The fourth-order valence-corrected chi connectivity index (χ4v) is 1.96. The van der Waals surface area contributed by atoms with Gasteiger partial charge in [0.2, 0.25) is 0 Å². The van der Waals surface area contributed by atoms with Crippen LogP contribution in [0, 0.1) is 13.8 Å². The van der Waals surface area contributed by atoms with Crippen molar-refractivity contribution in [1.29, 1.82) is 0 Å². The zero-order chi connectivity index (χ0) is 14.7. The van der Waals surface area contributed by atoms with Crippen LogP contribution in [-0.2, 0) is 6.61 Å². The average Bonchev–Trinajstić information content (AvgIpc) is 2.36. The molecule has 6 heteroatoms. The third-order valence-electron chi connectivity index (χ3n) is 2.56. The fraction of sp³-hybridized carbons (Fsp3) is 0.214. The molecule has 20 heavy (non-hydrogen) atoms. The molecule has 0 aliphatic rings. The van der Waals surface area contributed by atoms with Crippen LogP contribution in [-0.4, -0.2) is 21.0 Å². The maximum atomic E-state index is 10.9. The van der Waals surface area contributed by atoms with Crippen molar-refractivity contribution in [3.8, 4) is 5.75 Å². The minimum Gasteiger partial charge on any atom is -0.486 e. The molecule has 1 aromatic heterocycles. The minimum atomic E-state index is -1.19. The van der Waals surface area contributed by atoms with E-state index in [0.29, 0.717) is 5.75 Å². The molecule has 0 saturated carbocycles. The van der Waals surface area contributed by atoms with Gasteiger partial charge in [-0.2, -0.15) is 0 Å². The standard InChI is InChI=1S/C14H13ClN2O3/c1-8-3-9(2)5-10(4-8)20-7-12-16-6-11(15)13(17-12)14(18)19/h3-6H,7H2,1-2H3,(H,18,19).